The van der Waals surface area contributed by atoms with Crippen molar-refractivity contribution in [1.29, 1.82) is 0 Å². The molecule has 0 bridgehead atoms. The molecule has 1 fully saturated rings. The van der Waals surface area contributed by atoms with Gasteiger partial charge < -0.3 is 4.90 Å². The van der Waals surface area contributed by atoms with Crippen LogP contribution in [-0.4, -0.2) is 18.9 Å². The molecule has 1 aliphatic carbocycles. The molecule has 2 nitrogen and oxygen atoms in total. The Hall–Kier alpha value is -1.38. The fraction of sp³-hybridized carbons (Fsp3) is 0.562. The monoisotopic (exact) mass is 263 g/mol. The van der Waals surface area contributed by atoms with Gasteiger partial charge >= 0.3 is 0 Å². The van der Waals surface area contributed by atoms with Crippen LogP contribution in [0.15, 0.2) is 18.2 Å². The summed E-state index contributed by atoms with van der Waals surface area (Å²) < 4.78 is 14.1. The minimum absolute atomic E-state index is 0.0948. The predicted molar refractivity (Wildman–Crippen MR) is 76.3 cm³/mol. The molecule has 0 aliphatic heterocycles. The molecule has 0 atom stereocenters. The molecule has 104 valence electrons. The van der Waals surface area contributed by atoms with Gasteiger partial charge in [0.25, 0.3) is 0 Å². The third kappa shape index (κ3) is 3.34. The van der Waals surface area contributed by atoms with Gasteiger partial charge in [-0.15, -0.1) is 0 Å². The zero-order valence-electron chi connectivity index (χ0n) is 11.8. The lowest BCUT2D eigenvalue weighted by Gasteiger charge is -2.29. The van der Waals surface area contributed by atoms with E-state index in [-0.39, 0.29) is 11.6 Å². The molecule has 19 heavy (non-hydrogen) atoms. The van der Waals surface area contributed by atoms with E-state index in [0.29, 0.717) is 17.3 Å². The van der Waals surface area contributed by atoms with Crippen molar-refractivity contribution in [1.82, 2.24) is 0 Å². The smallest absolute Gasteiger partial charge is 0.159 e. The SMILES string of the molecule is CC(=O)c1ccc(N(C)C2CCCCCC2)c(F)c1. The van der Waals surface area contributed by atoms with Crippen LogP contribution < -0.4 is 4.90 Å². The maximum atomic E-state index is 14.1. The fourth-order valence-electron chi connectivity index (χ4n) is 2.85. The van der Waals surface area contributed by atoms with Crippen LogP contribution in [0.4, 0.5) is 10.1 Å². The molecule has 1 aromatic rings. The number of carbonyl (C=O) groups is 1. The third-order valence-electron chi connectivity index (χ3n) is 4.11. The lowest BCUT2D eigenvalue weighted by molar-refractivity contribution is 0.101. The van der Waals surface area contributed by atoms with Crippen LogP contribution in [0.3, 0.4) is 0 Å². The van der Waals surface area contributed by atoms with Gasteiger partial charge in [-0.1, -0.05) is 25.7 Å². The Balaban J connectivity index is 2.18. The van der Waals surface area contributed by atoms with E-state index in [9.17, 15) is 9.18 Å². The minimum Gasteiger partial charge on any atom is -0.369 e. The third-order valence-corrected chi connectivity index (χ3v) is 4.11. The molecule has 3 heteroatoms. The summed E-state index contributed by atoms with van der Waals surface area (Å²) in [4.78, 5) is 13.3. The molecule has 0 aromatic heterocycles. The average molecular weight is 263 g/mol. The van der Waals surface area contributed by atoms with Crippen molar-refractivity contribution >= 4 is 11.5 Å². The average Bonchev–Trinajstić information content (AvgIpc) is 2.66. The first-order valence-electron chi connectivity index (χ1n) is 7.13. The Bertz CT molecular complexity index is 450. The van der Waals surface area contributed by atoms with Gasteiger partial charge in [0.1, 0.15) is 5.82 Å². The van der Waals surface area contributed by atoms with Crippen LogP contribution in [0.5, 0.6) is 0 Å². The number of nitrogens with zero attached hydrogens (tertiary/aromatic N) is 1. The maximum Gasteiger partial charge on any atom is 0.159 e. The second kappa shape index (κ2) is 6.18. The molecule has 0 spiro atoms. The number of carbonyl (C=O) groups excluding carboxylic acids is 1. The molecular formula is C16H22FNO. The van der Waals surface area contributed by atoms with Crippen LogP contribution in [0.25, 0.3) is 0 Å². The summed E-state index contributed by atoms with van der Waals surface area (Å²) in [5.74, 6) is -0.387. The summed E-state index contributed by atoms with van der Waals surface area (Å²) in [5, 5.41) is 0. The summed E-state index contributed by atoms with van der Waals surface area (Å²) in [5.41, 5.74) is 1.05. The van der Waals surface area contributed by atoms with Crippen LogP contribution >= 0.6 is 0 Å². The fourth-order valence-corrected chi connectivity index (χ4v) is 2.85. The lowest BCUT2D eigenvalue weighted by Crippen LogP contribution is -2.31. The Kier molecular flexibility index (Phi) is 4.56. The van der Waals surface area contributed by atoms with Crippen molar-refractivity contribution in [2.24, 2.45) is 0 Å². The first kappa shape index (κ1) is 14.0. The van der Waals surface area contributed by atoms with Gasteiger partial charge in [0.15, 0.2) is 5.78 Å². The van der Waals surface area contributed by atoms with Crippen molar-refractivity contribution in [2.75, 3.05) is 11.9 Å². The van der Waals surface area contributed by atoms with E-state index in [1.165, 1.54) is 38.7 Å². The van der Waals surface area contributed by atoms with Crippen LogP contribution in [-0.2, 0) is 0 Å². The van der Waals surface area contributed by atoms with Crippen LogP contribution in [0.1, 0.15) is 55.8 Å². The first-order valence-corrected chi connectivity index (χ1v) is 7.13. The summed E-state index contributed by atoms with van der Waals surface area (Å²) in [6, 6.07) is 5.22. The van der Waals surface area contributed by atoms with E-state index in [1.807, 2.05) is 11.9 Å². The number of Topliss-reactive ketones (excluding diaryl/α,β-unsaturated/α-hetero) is 1. The standard InChI is InChI=1S/C16H22FNO/c1-12(19)13-9-10-16(15(17)11-13)18(2)14-7-5-3-4-6-8-14/h9-11,14H,3-8H2,1-2H3. The highest BCUT2D eigenvalue weighted by atomic mass is 19.1. The maximum absolute atomic E-state index is 14.1. The van der Waals surface area contributed by atoms with Crippen molar-refractivity contribution in [3.05, 3.63) is 29.6 Å². The zero-order valence-corrected chi connectivity index (χ0v) is 11.8. The minimum atomic E-state index is -0.292. The quantitative estimate of drug-likeness (QED) is 0.602. The molecule has 1 aliphatic rings. The number of halogens is 1. The summed E-state index contributed by atoms with van der Waals surface area (Å²) in [6.07, 6.45) is 7.28. The van der Waals surface area contributed by atoms with E-state index in [2.05, 4.69) is 0 Å². The predicted octanol–water partition coefficient (Wildman–Crippen LogP) is 4.19. The van der Waals surface area contributed by atoms with Gasteiger partial charge in [0, 0.05) is 18.7 Å². The molecule has 0 N–H and O–H groups in total. The van der Waals surface area contributed by atoms with Crippen molar-refractivity contribution in [2.45, 2.75) is 51.5 Å². The van der Waals surface area contributed by atoms with Crippen LogP contribution in [0, 0.1) is 5.82 Å². The molecule has 2 rings (SSSR count). The molecule has 0 radical (unpaired) electrons. The van der Waals surface area contributed by atoms with Gasteiger partial charge in [-0.25, -0.2) is 4.39 Å². The van der Waals surface area contributed by atoms with Gasteiger partial charge in [-0.05, 0) is 38.0 Å². The highest BCUT2D eigenvalue weighted by Crippen LogP contribution is 2.27. The molecule has 0 amide bonds. The number of ketones is 1. The van der Waals surface area contributed by atoms with E-state index in [4.69, 9.17) is 0 Å². The molecule has 1 aromatic carbocycles. The number of anilines is 1. The Morgan fingerprint density at radius 2 is 1.84 bits per heavy atom. The first-order chi connectivity index (χ1) is 9.09. The van der Waals surface area contributed by atoms with Crippen molar-refractivity contribution in [3.63, 3.8) is 0 Å². The molecule has 0 heterocycles. The summed E-state index contributed by atoms with van der Waals surface area (Å²) in [6.45, 7) is 1.46. The molecular weight excluding hydrogens is 241 g/mol. The number of benzene rings is 1. The summed E-state index contributed by atoms with van der Waals surface area (Å²) >= 11 is 0. The topological polar surface area (TPSA) is 20.3 Å². The van der Waals surface area contributed by atoms with Gasteiger partial charge in [0.2, 0.25) is 0 Å². The second-order valence-electron chi connectivity index (χ2n) is 5.48. The summed E-state index contributed by atoms with van der Waals surface area (Å²) in [7, 11) is 1.96. The molecule has 1 saturated carbocycles. The highest BCUT2D eigenvalue weighted by Gasteiger charge is 2.20. The molecule has 0 saturated heterocycles. The Labute approximate surface area is 114 Å². The molecule has 0 unspecified atom stereocenters. The van der Waals surface area contributed by atoms with Gasteiger partial charge in [-0.3, -0.25) is 4.79 Å². The van der Waals surface area contributed by atoms with E-state index in [1.54, 1.807) is 12.1 Å². The normalized spacial score (nSPS) is 17.0. The zero-order chi connectivity index (χ0) is 13.8. The highest BCUT2D eigenvalue weighted by molar-refractivity contribution is 5.94. The number of rotatable bonds is 3. The lowest BCUT2D eigenvalue weighted by atomic mass is 10.1. The van der Waals surface area contributed by atoms with Crippen LogP contribution in [0.2, 0.25) is 0 Å². The second-order valence-corrected chi connectivity index (χ2v) is 5.48. The largest absolute Gasteiger partial charge is 0.369 e. The van der Waals surface area contributed by atoms with Crippen molar-refractivity contribution in [3.8, 4) is 0 Å². The van der Waals surface area contributed by atoms with E-state index >= 15 is 0 Å². The Morgan fingerprint density at radius 3 is 2.37 bits per heavy atom. The van der Waals surface area contributed by atoms with Gasteiger partial charge in [-0.2, -0.15) is 0 Å². The number of hydrogen-bond donors (Lipinski definition) is 0. The van der Waals surface area contributed by atoms with Crippen molar-refractivity contribution < 1.29 is 9.18 Å². The van der Waals surface area contributed by atoms with E-state index in [0.717, 1.165) is 12.8 Å². The number of hydrogen-bond acceptors (Lipinski definition) is 2. The van der Waals surface area contributed by atoms with Gasteiger partial charge in [0.05, 0.1) is 5.69 Å². The van der Waals surface area contributed by atoms with E-state index < -0.39 is 0 Å². The Morgan fingerprint density at radius 1 is 1.21 bits per heavy atom.